The highest BCUT2D eigenvalue weighted by molar-refractivity contribution is 5.30. The van der Waals surface area contributed by atoms with E-state index in [4.69, 9.17) is 15.0 Å². The predicted molar refractivity (Wildman–Crippen MR) is 76.4 cm³/mol. The Morgan fingerprint density at radius 3 is 2.62 bits per heavy atom. The smallest absolute Gasteiger partial charge is 0.228 e. The third kappa shape index (κ3) is 3.65. The van der Waals surface area contributed by atoms with Gasteiger partial charge in [-0.05, 0) is 31.5 Å². The van der Waals surface area contributed by atoms with E-state index in [0.29, 0.717) is 24.7 Å². The molecule has 0 aliphatic carbocycles. The van der Waals surface area contributed by atoms with E-state index in [1.54, 1.807) is 19.2 Å². The summed E-state index contributed by atoms with van der Waals surface area (Å²) in [7, 11) is 1.59. The maximum Gasteiger partial charge on any atom is 0.228 e. The first-order chi connectivity index (χ1) is 9.93. The van der Waals surface area contributed by atoms with Crippen LogP contribution >= 0.6 is 0 Å². The van der Waals surface area contributed by atoms with Gasteiger partial charge in [-0.25, -0.2) is 4.39 Å². The van der Waals surface area contributed by atoms with E-state index in [9.17, 15) is 4.39 Å². The number of nitrogens with zero attached hydrogens (tertiary/aromatic N) is 2. The summed E-state index contributed by atoms with van der Waals surface area (Å²) in [5.41, 5.74) is 6.31. The van der Waals surface area contributed by atoms with E-state index in [1.165, 1.54) is 12.1 Å². The Labute approximate surface area is 123 Å². The molecule has 21 heavy (non-hydrogen) atoms. The van der Waals surface area contributed by atoms with Gasteiger partial charge in [0, 0.05) is 19.6 Å². The molecule has 5 nitrogen and oxygen atoms in total. The second-order valence-corrected chi connectivity index (χ2v) is 5.56. The minimum absolute atomic E-state index is 0.183. The maximum absolute atomic E-state index is 13.0. The van der Waals surface area contributed by atoms with Gasteiger partial charge in [0.1, 0.15) is 5.82 Å². The van der Waals surface area contributed by atoms with Crippen LogP contribution < -0.4 is 5.73 Å². The Kier molecular flexibility index (Phi) is 4.69. The monoisotopic (exact) mass is 293 g/mol. The molecule has 0 spiro atoms. The molecule has 2 rings (SSSR count). The lowest BCUT2D eigenvalue weighted by Gasteiger charge is -2.20. The molecule has 1 unspecified atom stereocenters. The summed E-state index contributed by atoms with van der Waals surface area (Å²) in [5.74, 6) is 0.757. The van der Waals surface area contributed by atoms with Gasteiger partial charge in [-0.3, -0.25) is 0 Å². The Morgan fingerprint density at radius 2 is 2.00 bits per heavy atom. The summed E-state index contributed by atoms with van der Waals surface area (Å²) < 4.78 is 23.2. The van der Waals surface area contributed by atoms with E-state index < -0.39 is 5.41 Å². The Morgan fingerprint density at radius 1 is 1.33 bits per heavy atom. The third-order valence-electron chi connectivity index (χ3n) is 3.41. The Balaban J connectivity index is 2.17. The summed E-state index contributed by atoms with van der Waals surface area (Å²) >= 11 is 0. The van der Waals surface area contributed by atoms with Gasteiger partial charge in [-0.15, -0.1) is 0 Å². The SMILES string of the molecule is COCC(N)Cc1nc(C(C)(C)c2ccc(F)cc2)no1. The lowest BCUT2D eigenvalue weighted by molar-refractivity contribution is 0.176. The van der Waals surface area contributed by atoms with E-state index in [1.807, 2.05) is 13.8 Å². The van der Waals surface area contributed by atoms with Gasteiger partial charge in [0.25, 0.3) is 0 Å². The minimum Gasteiger partial charge on any atom is -0.383 e. The highest BCUT2D eigenvalue weighted by Crippen LogP contribution is 2.29. The highest BCUT2D eigenvalue weighted by Gasteiger charge is 2.29. The highest BCUT2D eigenvalue weighted by atomic mass is 19.1. The normalized spacial score (nSPS) is 13.4. The Hall–Kier alpha value is -1.79. The molecule has 1 aromatic carbocycles. The van der Waals surface area contributed by atoms with Crippen LogP contribution in [0.1, 0.15) is 31.1 Å². The molecule has 2 N–H and O–H groups in total. The predicted octanol–water partition coefficient (Wildman–Crippen LogP) is 2.05. The van der Waals surface area contributed by atoms with Gasteiger partial charge in [0.05, 0.1) is 12.0 Å². The number of nitrogens with two attached hydrogens (primary N) is 1. The summed E-state index contributed by atoms with van der Waals surface area (Å²) in [6, 6.07) is 6.11. The molecule has 6 heteroatoms. The molecule has 0 saturated heterocycles. The average molecular weight is 293 g/mol. The van der Waals surface area contributed by atoms with Crippen molar-refractivity contribution in [1.82, 2.24) is 10.1 Å². The van der Waals surface area contributed by atoms with Crippen LogP contribution in [0.15, 0.2) is 28.8 Å². The largest absolute Gasteiger partial charge is 0.383 e. The van der Waals surface area contributed by atoms with Crippen LogP contribution in [0.4, 0.5) is 4.39 Å². The van der Waals surface area contributed by atoms with E-state index in [0.717, 1.165) is 5.56 Å². The van der Waals surface area contributed by atoms with Crippen LogP contribution in [0.3, 0.4) is 0 Å². The fourth-order valence-corrected chi connectivity index (χ4v) is 2.08. The second-order valence-electron chi connectivity index (χ2n) is 5.56. The van der Waals surface area contributed by atoms with Gasteiger partial charge in [-0.1, -0.05) is 17.3 Å². The van der Waals surface area contributed by atoms with Crippen molar-refractivity contribution in [1.29, 1.82) is 0 Å². The lowest BCUT2D eigenvalue weighted by Crippen LogP contribution is -2.28. The van der Waals surface area contributed by atoms with Gasteiger partial charge >= 0.3 is 0 Å². The molecule has 0 fully saturated rings. The molecule has 0 saturated carbocycles. The van der Waals surface area contributed by atoms with Crippen LogP contribution in [0.2, 0.25) is 0 Å². The van der Waals surface area contributed by atoms with Crippen LogP contribution in [0, 0.1) is 5.82 Å². The molecule has 0 bridgehead atoms. The summed E-state index contributed by atoms with van der Waals surface area (Å²) in [5, 5.41) is 4.02. The molecule has 1 heterocycles. The number of methoxy groups -OCH3 is 1. The molecule has 0 aliphatic rings. The van der Waals surface area contributed by atoms with Crippen LogP contribution in [0.5, 0.6) is 0 Å². The van der Waals surface area contributed by atoms with Gasteiger partial charge in [0.2, 0.25) is 5.89 Å². The number of benzene rings is 1. The van der Waals surface area contributed by atoms with Gasteiger partial charge < -0.3 is 15.0 Å². The molecule has 114 valence electrons. The fraction of sp³-hybridized carbons (Fsp3) is 0.467. The molecule has 0 radical (unpaired) electrons. The number of ether oxygens (including phenoxy) is 1. The van der Waals surface area contributed by atoms with Crippen molar-refractivity contribution in [3.8, 4) is 0 Å². The number of aromatic nitrogens is 2. The summed E-state index contributed by atoms with van der Waals surface area (Å²) in [6.07, 6.45) is 0.459. The van der Waals surface area contributed by atoms with Crippen LogP contribution in [0.25, 0.3) is 0 Å². The first-order valence-corrected chi connectivity index (χ1v) is 6.77. The van der Waals surface area contributed by atoms with Crippen molar-refractivity contribution in [3.63, 3.8) is 0 Å². The topological polar surface area (TPSA) is 74.2 Å². The zero-order valence-electron chi connectivity index (χ0n) is 12.5. The quantitative estimate of drug-likeness (QED) is 0.882. The number of hydrogen-bond acceptors (Lipinski definition) is 5. The number of hydrogen-bond donors (Lipinski definition) is 1. The minimum atomic E-state index is -0.471. The molecular weight excluding hydrogens is 273 g/mol. The number of rotatable bonds is 6. The molecule has 2 aromatic rings. The van der Waals surface area contributed by atoms with Gasteiger partial charge in [0.15, 0.2) is 5.82 Å². The molecular formula is C15H20FN3O2. The van der Waals surface area contributed by atoms with Crippen LogP contribution in [-0.2, 0) is 16.6 Å². The fourth-order valence-electron chi connectivity index (χ4n) is 2.08. The zero-order chi connectivity index (χ0) is 15.5. The molecule has 1 atom stereocenters. The van der Waals surface area contributed by atoms with Crippen molar-refractivity contribution in [3.05, 3.63) is 47.4 Å². The summed E-state index contributed by atoms with van der Waals surface area (Å²) in [6.45, 7) is 4.35. The first kappa shape index (κ1) is 15.6. The van der Waals surface area contributed by atoms with Crippen molar-refractivity contribution in [2.24, 2.45) is 5.73 Å². The van der Waals surface area contributed by atoms with E-state index >= 15 is 0 Å². The maximum atomic E-state index is 13.0. The zero-order valence-corrected chi connectivity index (χ0v) is 12.5. The Bertz CT molecular complexity index is 581. The van der Waals surface area contributed by atoms with Crippen LogP contribution in [-0.4, -0.2) is 29.9 Å². The average Bonchev–Trinajstić information content (AvgIpc) is 2.88. The standard InChI is InChI=1S/C15H20FN3O2/c1-15(2,10-4-6-11(16)7-5-10)14-18-13(21-19-14)8-12(17)9-20-3/h4-7,12H,8-9,17H2,1-3H3. The summed E-state index contributed by atoms with van der Waals surface area (Å²) in [4.78, 5) is 4.40. The number of halogens is 1. The van der Waals surface area contributed by atoms with Crippen molar-refractivity contribution >= 4 is 0 Å². The van der Waals surface area contributed by atoms with Gasteiger partial charge in [-0.2, -0.15) is 4.98 Å². The second kappa shape index (κ2) is 6.32. The molecule has 0 aliphatic heterocycles. The van der Waals surface area contributed by atoms with E-state index in [2.05, 4.69) is 10.1 Å². The van der Waals surface area contributed by atoms with Crippen molar-refractivity contribution in [2.75, 3.05) is 13.7 Å². The third-order valence-corrected chi connectivity index (χ3v) is 3.41. The first-order valence-electron chi connectivity index (χ1n) is 6.77. The molecule has 1 aromatic heterocycles. The molecule has 0 amide bonds. The van der Waals surface area contributed by atoms with Crippen molar-refractivity contribution < 1.29 is 13.7 Å². The van der Waals surface area contributed by atoms with E-state index in [-0.39, 0.29) is 11.9 Å². The lowest BCUT2D eigenvalue weighted by atomic mass is 9.84. The van der Waals surface area contributed by atoms with Crippen molar-refractivity contribution in [2.45, 2.75) is 31.7 Å².